The van der Waals surface area contributed by atoms with Crippen LogP contribution in [0, 0.1) is 25.2 Å². The number of aromatic amines is 1. The summed E-state index contributed by atoms with van der Waals surface area (Å²) in [6.07, 6.45) is 7.29. The van der Waals surface area contributed by atoms with Gasteiger partial charge in [-0.3, -0.25) is 9.56 Å². The summed E-state index contributed by atoms with van der Waals surface area (Å²) in [6, 6.07) is 9.66. The first-order valence-electron chi connectivity index (χ1n) is 8.87. The molecule has 0 fully saturated rings. The van der Waals surface area contributed by atoms with E-state index in [1.165, 1.54) is 4.57 Å². The predicted molar refractivity (Wildman–Crippen MR) is 111 cm³/mol. The van der Waals surface area contributed by atoms with Gasteiger partial charge < -0.3 is 21.8 Å². The maximum absolute atomic E-state index is 12.3. The van der Waals surface area contributed by atoms with Crippen LogP contribution < -0.4 is 22.5 Å². The van der Waals surface area contributed by atoms with Gasteiger partial charge in [-0.05, 0) is 30.7 Å². The number of guanidine groups is 1. The molecule has 8 heteroatoms. The normalized spacial score (nSPS) is 11.9. The molecule has 0 amide bonds. The zero-order valence-corrected chi connectivity index (χ0v) is 15.6. The highest BCUT2D eigenvalue weighted by atomic mass is 16.1. The summed E-state index contributed by atoms with van der Waals surface area (Å²) in [5.41, 5.74) is 13.7. The molecule has 6 N–H and O–H groups in total. The minimum atomic E-state index is -0.322. The topological polar surface area (TPSA) is 127 Å². The molecule has 0 spiro atoms. The highest BCUT2D eigenvalue weighted by Crippen LogP contribution is 2.13. The molecule has 0 saturated carbocycles. The number of rotatable bonds is 7. The van der Waals surface area contributed by atoms with Crippen molar-refractivity contribution in [3.63, 3.8) is 0 Å². The number of hydrogen-bond acceptors (Lipinski definition) is 4. The van der Waals surface area contributed by atoms with E-state index in [0.29, 0.717) is 25.3 Å². The Morgan fingerprint density at radius 3 is 2.82 bits per heavy atom. The summed E-state index contributed by atoms with van der Waals surface area (Å²) in [6.45, 7) is 3.56. The lowest BCUT2D eigenvalue weighted by atomic mass is 10.1. The summed E-state index contributed by atoms with van der Waals surface area (Å²) >= 11 is 0. The van der Waals surface area contributed by atoms with Crippen molar-refractivity contribution in [3.8, 4) is 18.0 Å². The molecule has 0 aliphatic carbocycles. The van der Waals surface area contributed by atoms with Gasteiger partial charge in [-0.25, -0.2) is 4.79 Å². The molecule has 0 saturated heterocycles. The van der Waals surface area contributed by atoms with E-state index in [4.69, 9.17) is 17.9 Å². The minimum Gasteiger partial charge on any atom is -0.370 e. The van der Waals surface area contributed by atoms with Crippen LogP contribution in [0.2, 0.25) is 0 Å². The van der Waals surface area contributed by atoms with E-state index < -0.39 is 0 Å². The molecule has 0 bridgehead atoms. The van der Waals surface area contributed by atoms with Crippen LogP contribution in [-0.2, 0) is 6.54 Å². The molecule has 0 aliphatic heterocycles. The van der Waals surface area contributed by atoms with E-state index in [0.717, 1.165) is 22.3 Å². The highest BCUT2D eigenvalue weighted by Gasteiger charge is 2.07. The fourth-order valence-electron chi connectivity index (χ4n) is 2.87. The zero-order valence-electron chi connectivity index (χ0n) is 15.6. The predicted octanol–water partition coefficient (Wildman–Crippen LogP) is 0.635. The fraction of sp³-hybridized carbons (Fsp3) is 0.250. The summed E-state index contributed by atoms with van der Waals surface area (Å²) in [4.78, 5) is 23.4. The fourth-order valence-corrected chi connectivity index (χ4v) is 2.87. The van der Waals surface area contributed by atoms with Gasteiger partial charge in [-0.15, -0.1) is 12.3 Å². The number of aromatic nitrogens is 3. The summed E-state index contributed by atoms with van der Waals surface area (Å²) in [5.74, 6) is 2.62. The highest BCUT2D eigenvalue weighted by molar-refractivity contribution is 5.76. The van der Waals surface area contributed by atoms with E-state index in [-0.39, 0.29) is 17.6 Å². The number of benzene rings is 1. The molecule has 0 radical (unpaired) electrons. The number of aliphatic imine (C=N–C) groups is 1. The number of nitrogens with one attached hydrogen (secondary N) is 2. The van der Waals surface area contributed by atoms with Crippen molar-refractivity contribution in [3.05, 3.63) is 58.3 Å². The van der Waals surface area contributed by atoms with Crippen molar-refractivity contribution in [2.45, 2.75) is 13.5 Å². The van der Waals surface area contributed by atoms with Crippen LogP contribution in [0.1, 0.15) is 11.3 Å². The average Bonchev–Trinajstić information content (AvgIpc) is 3.03. The van der Waals surface area contributed by atoms with Crippen molar-refractivity contribution in [1.29, 1.82) is 0 Å². The lowest BCUT2D eigenvalue weighted by Gasteiger charge is -2.11. The van der Waals surface area contributed by atoms with Gasteiger partial charge in [0.05, 0.1) is 18.2 Å². The molecule has 3 aromatic rings. The van der Waals surface area contributed by atoms with Gasteiger partial charge in [0.15, 0.2) is 5.96 Å². The molecule has 2 aromatic heterocycles. The second-order valence-electron chi connectivity index (χ2n) is 6.58. The molecule has 8 nitrogen and oxygen atoms in total. The van der Waals surface area contributed by atoms with Gasteiger partial charge in [0.1, 0.15) is 5.65 Å². The van der Waals surface area contributed by atoms with Gasteiger partial charge in [0, 0.05) is 30.4 Å². The third kappa shape index (κ3) is 4.58. The van der Waals surface area contributed by atoms with E-state index in [1.807, 2.05) is 37.3 Å². The van der Waals surface area contributed by atoms with Gasteiger partial charge >= 0.3 is 5.69 Å². The Hall–Kier alpha value is -3.57. The summed E-state index contributed by atoms with van der Waals surface area (Å²) in [7, 11) is 0. The molecule has 2 heterocycles. The lowest BCUT2D eigenvalue weighted by molar-refractivity contribution is 0.579. The van der Waals surface area contributed by atoms with Gasteiger partial charge in [0.2, 0.25) is 0 Å². The smallest absolute Gasteiger partial charge is 0.354 e. The number of aryl methyl sites for hydroxylation is 1. The van der Waals surface area contributed by atoms with E-state index in [2.05, 4.69) is 26.2 Å². The second-order valence-corrected chi connectivity index (χ2v) is 6.58. The van der Waals surface area contributed by atoms with Crippen LogP contribution in [-0.4, -0.2) is 33.6 Å². The summed E-state index contributed by atoms with van der Waals surface area (Å²) < 4.78 is 1.54. The lowest BCUT2D eigenvalue weighted by Crippen LogP contribution is -2.27. The molecule has 144 valence electrons. The standard InChI is InChI=1S/C20H23N7O/c1-3-14(11-24-19(21)22)9-23-10-15-4-6-17(7-5-15)27-12-16-8-13(2)25-18(16)26-20(27)28/h1,4-8,12,14,23H,9-11H2,2H3,(H4,21,22,24)(H,25,26,28)/t14-/m0/s1. The first kappa shape index (κ1) is 19.2. The van der Waals surface area contributed by atoms with Gasteiger partial charge in [-0.2, -0.15) is 4.98 Å². The number of hydrogen-bond donors (Lipinski definition) is 4. The Morgan fingerprint density at radius 2 is 2.14 bits per heavy atom. The van der Waals surface area contributed by atoms with E-state index in [1.54, 1.807) is 6.20 Å². The number of fused-ring (bicyclic) bond motifs is 1. The molecule has 1 aromatic carbocycles. The minimum absolute atomic E-state index is 0.0357. The largest absolute Gasteiger partial charge is 0.370 e. The van der Waals surface area contributed by atoms with Crippen molar-refractivity contribution >= 4 is 17.0 Å². The molecular formula is C20H23N7O. The van der Waals surface area contributed by atoms with Crippen LogP contribution in [0.5, 0.6) is 0 Å². The van der Waals surface area contributed by atoms with Gasteiger partial charge in [-0.1, -0.05) is 12.1 Å². The van der Waals surface area contributed by atoms with E-state index in [9.17, 15) is 4.79 Å². The van der Waals surface area contributed by atoms with E-state index >= 15 is 0 Å². The first-order valence-corrected chi connectivity index (χ1v) is 8.87. The number of H-pyrrole nitrogens is 1. The molecular weight excluding hydrogens is 354 g/mol. The number of nitrogens with zero attached hydrogens (tertiary/aromatic N) is 3. The van der Waals surface area contributed by atoms with Crippen LogP contribution >= 0.6 is 0 Å². The number of terminal acetylenes is 1. The average molecular weight is 377 g/mol. The SMILES string of the molecule is C#C[C@H](CN=C(N)N)CNCc1ccc(-n2cc3cc(C)[nH]c3nc2=O)cc1. The van der Waals surface area contributed by atoms with Crippen molar-refractivity contribution in [2.24, 2.45) is 22.4 Å². The third-order valence-electron chi connectivity index (χ3n) is 4.31. The number of nitrogens with two attached hydrogens (primary N) is 2. The first-order chi connectivity index (χ1) is 13.5. The molecule has 0 unspecified atom stereocenters. The Kier molecular flexibility index (Phi) is 5.77. The van der Waals surface area contributed by atoms with Crippen LogP contribution in [0.25, 0.3) is 16.7 Å². The van der Waals surface area contributed by atoms with Crippen LogP contribution in [0.15, 0.2) is 46.3 Å². The van der Waals surface area contributed by atoms with Crippen molar-refractivity contribution in [1.82, 2.24) is 19.9 Å². The molecule has 0 aliphatic rings. The zero-order chi connectivity index (χ0) is 20.1. The van der Waals surface area contributed by atoms with Crippen LogP contribution in [0.3, 0.4) is 0 Å². The Balaban J connectivity index is 1.65. The Labute approximate surface area is 162 Å². The summed E-state index contributed by atoms with van der Waals surface area (Å²) in [5, 5.41) is 4.19. The Morgan fingerprint density at radius 1 is 1.39 bits per heavy atom. The monoisotopic (exact) mass is 377 g/mol. The molecule has 3 rings (SSSR count). The Bertz CT molecular complexity index is 1080. The quantitative estimate of drug-likeness (QED) is 0.273. The molecule has 28 heavy (non-hydrogen) atoms. The third-order valence-corrected chi connectivity index (χ3v) is 4.31. The maximum Gasteiger partial charge on any atom is 0.354 e. The van der Waals surface area contributed by atoms with Crippen LogP contribution in [0.4, 0.5) is 0 Å². The van der Waals surface area contributed by atoms with Crippen molar-refractivity contribution < 1.29 is 0 Å². The van der Waals surface area contributed by atoms with Gasteiger partial charge in [0.25, 0.3) is 0 Å². The second kappa shape index (κ2) is 8.41. The van der Waals surface area contributed by atoms with Crippen molar-refractivity contribution in [2.75, 3.05) is 13.1 Å². The molecule has 1 atom stereocenters. The maximum atomic E-state index is 12.3.